The third kappa shape index (κ3) is 4.98. The molecular formula is C21H24F2N2O3. The van der Waals surface area contributed by atoms with Gasteiger partial charge in [0.05, 0.1) is 7.11 Å². The lowest BCUT2D eigenvalue weighted by atomic mass is 10.1. The van der Waals surface area contributed by atoms with Crippen LogP contribution in [0.5, 0.6) is 11.5 Å². The number of rotatable bonds is 6. The van der Waals surface area contributed by atoms with Crippen molar-refractivity contribution < 1.29 is 23.0 Å². The fourth-order valence-electron chi connectivity index (χ4n) is 3.22. The maximum atomic E-state index is 13.8. The largest absolute Gasteiger partial charge is 0.494 e. The lowest BCUT2D eigenvalue weighted by Crippen LogP contribution is -2.51. The van der Waals surface area contributed by atoms with E-state index in [4.69, 9.17) is 9.47 Å². The minimum atomic E-state index is -0.646. The van der Waals surface area contributed by atoms with Crippen molar-refractivity contribution in [2.45, 2.75) is 19.6 Å². The molecule has 2 aromatic carbocycles. The molecule has 1 saturated heterocycles. The van der Waals surface area contributed by atoms with Crippen LogP contribution in [0.25, 0.3) is 0 Å². The van der Waals surface area contributed by atoms with Gasteiger partial charge in [0.25, 0.3) is 5.91 Å². The topological polar surface area (TPSA) is 42.0 Å². The maximum absolute atomic E-state index is 13.8. The molecule has 1 aliphatic heterocycles. The monoisotopic (exact) mass is 390 g/mol. The summed E-state index contributed by atoms with van der Waals surface area (Å²) in [6.07, 6.45) is -0.646. The molecule has 28 heavy (non-hydrogen) atoms. The normalized spacial score (nSPS) is 15.9. The number of ether oxygens (including phenoxy) is 2. The molecule has 0 saturated carbocycles. The summed E-state index contributed by atoms with van der Waals surface area (Å²) >= 11 is 0. The first-order valence-electron chi connectivity index (χ1n) is 9.22. The van der Waals surface area contributed by atoms with E-state index in [1.54, 1.807) is 17.9 Å². The molecule has 1 unspecified atom stereocenters. The Kier molecular flexibility index (Phi) is 6.46. The van der Waals surface area contributed by atoms with Crippen molar-refractivity contribution in [3.05, 3.63) is 59.7 Å². The van der Waals surface area contributed by atoms with E-state index in [0.717, 1.165) is 5.56 Å². The summed E-state index contributed by atoms with van der Waals surface area (Å²) in [5.74, 6) is -0.129. The number of halogens is 2. The Morgan fingerprint density at radius 3 is 2.36 bits per heavy atom. The number of benzene rings is 2. The zero-order chi connectivity index (χ0) is 20.1. The van der Waals surface area contributed by atoms with Crippen LogP contribution in [0.2, 0.25) is 0 Å². The van der Waals surface area contributed by atoms with E-state index in [1.807, 2.05) is 6.07 Å². The highest BCUT2D eigenvalue weighted by molar-refractivity contribution is 5.81. The van der Waals surface area contributed by atoms with Gasteiger partial charge in [0.15, 0.2) is 17.7 Å². The molecule has 7 heteroatoms. The lowest BCUT2D eigenvalue weighted by Gasteiger charge is -2.35. The number of carbonyl (C=O) groups is 1. The number of carbonyl (C=O) groups excluding carboxylic acids is 1. The fourth-order valence-corrected chi connectivity index (χ4v) is 3.22. The lowest BCUT2D eigenvalue weighted by molar-refractivity contribution is -0.139. The molecule has 150 valence electrons. The van der Waals surface area contributed by atoms with E-state index in [0.29, 0.717) is 38.5 Å². The van der Waals surface area contributed by atoms with Crippen molar-refractivity contribution in [3.8, 4) is 11.5 Å². The van der Waals surface area contributed by atoms with Crippen molar-refractivity contribution in [2.75, 3.05) is 33.3 Å². The molecule has 1 atom stereocenters. The van der Waals surface area contributed by atoms with Gasteiger partial charge in [0, 0.05) is 32.7 Å². The average molecular weight is 390 g/mol. The van der Waals surface area contributed by atoms with Crippen molar-refractivity contribution >= 4 is 5.91 Å². The molecule has 0 aliphatic carbocycles. The highest BCUT2D eigenvalue weighted by Gasteiger charge is 2.26. The summed E-state index contributed by atoms with van der Waals surface area (Å²) in [5.41, 5.74) is 0.867. The zero-order valence-electron chi connectivity index (χ0n) is 16.0. The van der Waals surface area contributed by atoms with E-state index in [9.17, 15) is 13.6 Å². The smallest absolute Gasteiger partial charge is 0.263 e. The van der Waals surface area contributed by atoms with Crippen LogP contribution in [0.1, 0.15) is 12.5 Å². The van der Waals surface area contributed by atoms with E-state index < -0.39 is 6.10 Å². The molecule has 0 spiro atoms. The van der Waals surface area contributed by atoms with Gasteiger partial charge in [-0.25, -0.2) is 8.78 Å². The minimum absolute atomic E-state index is 0.0977. The van der Waals surface area contributed by atoms with Crippen LogP contribution >= 0.6 is 0 Å². The van der Waals surface area contributed by atoms with Crippen LogP contribution in [0.3, 0.4) is 0 Å². The van der Waals surface area contributed by atoms with E-state index >= 15 is 0 Å². The van der Waals surface area contributed by atoms with Gasteiger partial charge in [-0.15, -0.1) is 0 Å². The van der Waals surface area contributed by atoms with Crippen LogP contribution < -0.4 is 9.47 Å². The Morgan fingerprint density at radius 1 is 1.07 bits per heavy atom. The summed E-state index contributed by atoms with van der Waals surface area (Å²) in [4.78, 5) is 16.5. The molecule has 1 fully saturated rings. The molecule has 0 radical (unpaired) electrons. The second-order valence-electron chi connectivity index (χ2n) is 6.78. The second kappa shape index (κ2) is 9.01. The molecule has 5 nitrogen and oxygen atoms in total. The van der Waals surface area contributed by atoms with Crippen LogP contribution in [0.4, 0.5) is 8.78 Å². The Balaban J connectivity index is 1.49. The van der Waals surface area contributed by atoms with Gasteiger partial charge in [0.2, 0.25) is 0 Å². The first-order valence-corrected chi connectivity index (χ1v) is 9.22. The number of methoxy groups -OCH3 is 1. The molecule has 1 amide bonds. The summed E-state index contributed by atoms with van der Waals surface area (Å²) in [5, 5.41) is 0. The van der Waals surface area contributed by atoms with E-state index in [1.165, 1.54) is 37.4 Å². The summed E-state index contributed by atoms with van der Waals surface area (Å²) in [7, 11) is 1.44. The number of piperazine rings is 1. The number of amides is 1. The molecule has 0 bridgehead atoms. The van der Waals surface area contributed by atoms with Gasteiger partial charge in [-0.1, -0.05) is 6.07 Å². The van der Waals surface area contributed by atoms with Crippen molar-refractivity contribution in [1.29, 1.82) is 0 Å². The van der Waals surface area contributed by atoms with Crippen LogP contribution in [0, 0.1) is 11.6 Å². The molecule has 2 aromatic rings. The van der Waals surface area contributed by atoms with Gasteiger partial charge in [-0.2, -0.15) is 0 Å². The summed E-state index contributed by atoms with van der Waals surface area (Å²) < 4.78 is 37.4. The third-order valence-electron chi connectivity index (χ3n) is 4.78. The Labute approximate surface area is 163 Å². The summed E-state index contributed by atoms with van der Waals surface area (Å²) in [6, 6.07) is 10.6. The number of hydrogen-bond donors (Lipinski definition) is 0. The summed E-state index contributed by atoms with van der Waals surface area (Å²) in [6.45, 7) is 4.86. The van der Waals surface area contributed by atoms with E-state index in [2.05, 4.69) is 4.90 Å². The van der Waals surface area contributed by atoms with Crippen molar-refractivity contribution in [3.63, 3.8) is 0 Å². The second-order valence-corrected chi connectivity index (χ2v) is 6.78. The Hall–Kier alpha value is -2.67. The predicted octanol–water partition coefficient (Wildman–Crippen LogP) is 3.09. The Morgan fingerprint density at radius 2 is 1.75 bits per heavy atom. The molecule has 3 rings (SSSR count). The van der Waals surface area contributed by atoms with Crippen LogP contribution in [-0.4, -0.2) is 55.1 Å². The maximum Gasteiger partial charge on any atom is 0.263 e. The van der Waals surface area contributed by atoms with Gasteiger partial charge in [-0.3, -0.25) is 9.69 Å². The van der Waals surface area contributed by atoms with Gasteiger partial charge >= 0.3 is 0 Å². The first kappa shape index (κ1) is 20.1. The first-order chi connectivity index (χ1) is 13.5. The van der Waals surface area contributed by atoms with Gasteiger partial charge < -0.3 is 14.4 Å². The minimum Gasteiger partial charge on any atom is -0.494 e. The molecule has 1 aliphatic rings. The molecule has 1 heterocycles. The zero-order valence-corrected chi connectivity index (χ0v) is 16.0. The Bertz CT molecular complexity index is 806. The fraction of sp³-hybridized carbons (Fsp3) is 0.381. The number of hydrogen-bond acceptors (Lipinski definition) is 4. The quantitative estimate of drug-likeness (QED) is 0.760. The predicted molar refractivity (Wildman–Crippen MR) is 101 cm³/mol. The van der Waals surface area contributed by atoms with Crippen molar-refractivity contribution in [2.24, 2.45) is 0 Å². The highest BCUT2D eigenvalue weighted by atomic mass is 19.1. The SMILES string of the molecule is COc1ccc(CN2CCN(C(=O)C(C)Oc3ccc(F)cc3)CC2)cc1F. The average Bonchev–Trinajstić information content (AvgIpc) is 2.70. The standard InChI is InChI=1S/C21H24F2N2O3/c1-15(28-18-6-4-17(22)5-7-18)21(26)25-11-9-24(10-12-25)14-16-3-8-20(27-2)19(23)13-16/h3-8,13,15H,9-12,14H2,1-2H3. The van der Waals surface area contributed by atoms with Gasteiger partial charge in [-0.05, 0) is 48.9 Å². The van der Waals surface area contributed by atoms with Gasteiger partial charge in [0.1, 0.15) is 11.6 Å². The molecule has 0 N–H and O–H groups in total. The van der Waals surface area contributed by atoms with Crippen LogP contribution in [0.15, 0.2) is 42.5 Å². The molecular weight excluding hydrogens is 366 g/mol. The van der Waals surface area contributed by atoms with E-state index in [-0.39, 0.29) is 23.3 Å². The third-order valence-corrected chi connectivity index (χ3v) is 4.78. The van der Waals surface area contributed by atoms with Crippen LogP contribution in [-0.2, 0) is 11.3 Å². The molecule has 0 aromatic heterocycles. The number of nitrogens with zero attached hydrogens (tertiary/aromatic N) is 2. The highest BCUT2D eigenvalue weighted by Crippen LogP contribution is 2.19. The van der Waals surface area contributed by atoms with Crippen molar-refractivity contribution in [1.82, 2.24) is 9.80 Å².